The topological polar surface area (TPSA) is 26.6 Å². The van der Waals surface area contributed by atoms with Crippen LogP contribution in [-0.4, -0.2) is 24.8 Å². The predicted molar refractivity (Wildman–Crippen MR) is 99.8 cm³/mol. The van der Waals surface area contributed by atoms with Gasteiger partial charge in [0.2, 0.25) is 0 Å². The fraction of sp³-hybridized carbons (Fsp3) is 0.200. The molecule has 0 aliphatic carbocycles. The van der Waals surface area contributed by atoms with Crippen LogP contribution in [0.15, 0.2) is 67.0 Å². The molecule has 2 heterocycles. The number of nitrogens with zero attached hydrogens (tertiary/aromatic N) is 2. The van der Waals surface area contributed by atoms with Gasteiger partial charge in [-0.15, -0.1) is 0 Å². The minimum absolute atomic E-state index is 0.104. The third-order valence-corrected chi connectivity index (χ3v) is 4.62. The van der Waals surface area contributed by atoms with E-state index in [-0.39, 0.29) is 6.23 Å². The summed E-state index contributed by atoms with van der Waals surface area (Å²) in [6, 6.07) is 18.0. The first kappa shape index (κ1) is 16.1. The van der Waals surface area contributed by atoms with Crippen LogP contribution in [0.2, 0.25) is 5.02 Å². The first-order valence-corrected chi connectivity index (χ1v) is 8.58. The van der Waals surface area contributed by atoms with E-state index < -0.39 is 0 Å². The van der Waals surface area contributed by atoms with Crippen molar-refractivity contribution < 1.29 is 9.47 Å². The van der Waals surface area contributed by atoms with E-state index in [9.17, 15) is 0 Å². The van der Waals surface area contributed by atoms with Gasteiger partial charge < -0.3 is 18.9 Å². The zero-order valence-electron chi connectivity index (χ0n) is 13.9. The largest absolute Gasteiger partial charge is 0.497 e. The molecule has 4 nitrogen and oxygen atoms in total. The Morgan fingerprint density at radius 1 is 1.08 bits per heavy atom. The summed E-state index contributed by atoms with van der Waals surface area (Å²) >= 11 is 6.10. The minimum Gasteiger partial charge on any atom is -0.497 e. The Morgan fingerprint density at radius 3 is 2.76 bits per heavy atom. The minimum atomic E-state index is -0.104. The summed E-state index contributed by atoms with van der Waals surface area (Å²) in [7, 11) is 1.68. The average molecular weight is 355 g/mol. The molecule has 1 aliphatic heterocycles. The zero-order valence-corrected chi connectivity index (χ0v) is 14.7. The molecule has 3 aromatic rings. The van der Waals surface area contributed by atoms with E-state index in [0.29, 0.717) is 6.61 Å². The fourth-order valence-corrected chi connectivity index (χ4v) is 3.34. The van der Waals surface area contributed by atoms with Gasteiger partial charge in [-0.1, -0.05) is 23.7 Å². The molecular weight excluding hydrogens is 336 g/mol. The Labute approximate surface area is 152 Å². The monoisotopic (exact) mass is 354 g/mol. The zero-order chi connectivity index (χ0) is 17.2. The number of rotatable bonds is 4. The van der Waals surface area contributed by atoms with Crippen molar-refractivity contribution in [2.75, 3.05) is 25.2 Å². The van der Waals surface area contributed by atoms with E-state index >= 15 is 0 Å². The molecule has 1 aromatic heterocycles. The lowest BCUT2D eigenvalue weighted by atomic mass is 10.2. The van der Waals surface area contributed by atoms with E-state index in [0.717, 1.165) is 34.3 Å². The normalized spacial score (nSPS) is 17.0. The third kappa shape index (κ3) is 3.23. The maximum Gasteiger partial charge on any atom is 0.158 e. The lowest BCUT2D eigenvalue weighted by Gasteiger charge is -2.25. The van der Waals surface area contributed by atoms with Gasteiger partial charge in [0.05, 0.1) is 13.7 Å². The molecule has 0 amide bonds. The van der Waals surface area contributed by atoms with Crippen molar-refractivity contribution >= 4 is 17.3 Å². The van der Waals surface area contributed by atoms with E-state index in [4.69, 9.17) is 21.1 Å². The van der Waals surface area contributed by atoms with Crippen LogP contribution in [0.3, 0.4) is 0 Å². The number of hydrogen-bond acceptors (Lipinski definition) is 3. The van der Waals surface area contributed by atoms with Gasteiger partial charge in [-0.05, 0) is 36.4 Å². The van der Waals surface area contributed by atoms with Crippen LogP contribution in [-0.2, 0) is 4.74 Å². The maximum absolute atomic E-state index is 6.10. The summed E-state index contributed by atoms with van der Waals surface area (Å²) in [4.78, 5) is 2.25. The molecule has 0 bridgehead atoms. The van der Waals surface area contributed by atoms with E-state index in [1.807, 2.05) is 48.7 Å². The molecule has 2 aromatic carbocycles. The van der Waals surface area contributed by atoms with Crippen LogP contribution in [0.4, 0.5) is 5.69 Å². The van der Waals surface area contributed by atoms with Crippen molar-refractivity contribution in [2.45, 2.75) is 6.23 Å². The SMILES string of the molecule is COc1cccc(N2CCOC2c2ccn(-c3cccc(Cl)c3)c2)c1. The molecule has 0 N–H and O–H groups in total. The van der Waals surface area contributed by atoms with Gasteiger partial charge in [0.1, 0.15) is 5.75 Å². The van der Waals surface area contributed by atoms with Crippen LogP contribution >= 0.6 is 11.6 Å². The number of hydrogen-bond donors (Lipinski definition) is 0. The third-order valence-electron chi connectivity index (χ3n) is 4.38. The second kappa shape index (κ2) is 6.82. The van der Waals surface area contributed by atoms with Crippen LogP contribution < -0.4 is 9.64 Å². The van der Waals surface area contributed by atoms with Gasteiger partial charge in [0, 0.05) is 47.0 Å². The van der Waals surface area contributed by atoms with Gasteiger partial charge in [0.25, 0.3) is 0 Å². The van der Waals surface area contributed by atoms with Crippen molar-refractivity contribution in [2.24, 2.45) is 0 Å². The molecule has 1 fully saturated rings. The Balaban J connectivity index is 1.62. The molecule has 1 saturated heterocycles. The van der Waals surface area contributed by atoms with Crippen LogP contribution in [0.5, 0.6) is 5.75 Å². The summed E-state index contributed by atoms with van der Waals surface area (Å²) in [5, 5.41) is 0.725. The number of benzene rings is 2. The quantitative estimate of drug-likeness (QED) is 0.681. The summed E-state index contributed by atoms with van der Waals surface area (Å²) in [6.07, 6.45) is 4.02. The Hall–Kier alpha value is -2.43. The van der Waals surface area contributed by atoms with Crippen molar-refractivity contribution in [1.82, 2.24) is 4.57 Å². The summed E-state index contributed by atoms with van der Waals surface area (Å²) in [6.45, 7) is 1.55. The Bertz CT molecular complexity index is 877. The smallest absolute Gasteiger partial charge is 0.158 e. The van der Waals surface area contributed by atoms with E-state index in [2.05, 4.69) is 27.8 Å². The molecule has 1 aliphatic rings. The molecule has 4 rings (SSSR count). The van der Waals surface area contributed by atoms with Gasteiger partial charge in [-0.2, -0.15) is 0 Å². The first-order chi connectivity index (χ1) is 12.2. The Morgan fingerprint density at radius 2 is 1.92 bits per heavy atom. The molecule has 0 radical (unpaired) electrons. The van der Waals surface area contributed by atoms with Gasteiger partial charge in [-0.3, -0.25) is 0 Å². The lowest BCUT2D eigenvalue weighted by molar-refractivity contribution is 0.114. The maximum atomic E-state index is 6.10. The first-order valence-electron chi connectivity index (χ1n) is 8.21. The number of aromatic nitrogens is 1. The van der Waals surface area contributed by atoms with Gasteiger partial charge >= 0.3 is 0 Å². The lowest BCUT2D eigenvalue weighted by Crippen LogP contribution is -2.22. The molecule has 0 spiro atoms. The highest BCUT2D eigenvalue weighted by Crippen LogP contribution is 2.34. The van der Waals surface area contributed by atoms with Gasteiger partial charge in [-0.25, -0.2) is 0 Å². The van der Waals surface area contributed by atoms with E-state index in [1.165, 1.54) is 0 Å². The molecule has 128 valence electrons. The highest BCUT2D eigenvalue weighted by molar-refractivity contribution is 6.30. The van der Waals surface area contributed by atoms with Crippen molar-refractivity contribution in [3.63, 3.8) is 0 Å². The second-order valence-corrected chi connectivity index (χ2v) is 6.39. The highest BCUT2D eigenvalue weighted by atomic mass is 35.5. The highest BCUT2D eigenvalue weighted by Gasteiger charge is 2.28. The van der Waals surface area contributed by atoms with Crippen molar-refractivity contribution in [1.29, 1.82) is 0 Å². The summed E-state index contributed by atoms with van der Waals surface area (Å²) < 4.78 is 13.4. The van der Waals surface area contributed by atoms with Crippen LogP contribution in [0, 0.1) is 0 Å². The van der Waals surface area contributed by atoms with Crippen LogP contribution in [0.25, 0.3) is 5.69 Å². The van der Waals surface area contributed by atoms with Crippen molar-refractivity contribution in [3.05, 3.63) is 77.6 Å². The summed E-state index contributed by atoms with van der Waals surface area (Å²) in [5.74, 6) is 0.847. The summed E-state index contributed by atoms with van der Waals surface area (Å²) in [5.41, 5.74) is 3.24. The molecule has 1 atom stereocenters. The standard InChI is InChI=1S/C20H19ClN2O2/c1-24-19-7-3-6-18(13-19)23-10-11-25-20(23)15-8-9-22(14-15)17-5-2-4-16(21)12-17/h2-9,12-14,20H,10-11H2,1H3. The number of halogens is 1. The van der Waals surface area contributed by atoms with Gasteiger partial charge in [0.15, 0.2) is 6.23 Å². The average Bonchev–Trinajstić information content (AvgIpc) is 3.31. The number of ether oxygens (including phenoxy) is 2. The molecule has 5 heteroatoms. The number of anilines is 1. The number of methoxy groups -OCH3 is 1. The van der Waals surface area contributed by atoms with E-state index in [1.54, 1.807) is 7.11 Å². The van der Waals surface area contributed by atoms with Crippen LogP contribution in [0.1, 0.15) is 11.8 Å². The molecule has 0 saturated carbocycles. The molecular formula is C20H19ClN2O2. The molecule has 1 unspecified atom stereocenters. The molecule has 25 heavy (non-hydrogen) atoms. The predicted octanol–water partition coefficient (Wildman–Crippen LogP) is 4.67. The van der Waals surface area contributed by atoms with Crippen molar-refractivity contribution in [3.8, 4) is 11.4 Å². The fourth-order valence-electron chi connectivity index (χ4n) is 3.16. The Kier molecular flexibility index (Phi) is 4.38. The second-order valence-electron chi connectivity index (χ2n) is 5.95.